The smallest absolute Gasteiger partial charge is 0.321 e. The van der Waals surface area contributed by atoms with E-state index < -0.39 is 17.4 Å². The van der Waals surface area contributed by atoms with Gasteiger partial charge in [0.05, 0.1) is 10.7 Å². The van der Waals surface area contributed by atoms with Crippen LogP contribution in [0.3, 0.4) is 0 Å². The molecule has 3 N–H and O–H groups in total. The minimum Gasteiger partial charge on any atom is -0.480 e. The molecule has 0 bridgehead atoms. The minimum atomic E-state index is -0.996. The molecule has 4 nitrogen and oxygen atoms in total. The summed E-state index contributed by atoms with van der Waals surface area (Å²) >= 11 is 1.55. The van der Waals surface area contributed by atoms with Crippen molar-refractivity contribution in [1.29, 1.82) is 0 Å². The molecule has 1 rings (SSSR count). The number of carboxylic acids is 1. The molecule has 0 spiro atoms. The summed E-state index contributed by atoms with van der Waals surface area (Å²) in [5.41, 5.74) is 5.79. The quantitative estimate of drug-likeness (QED) is 0.846. The minimum absolute atomic E-state index is 0.357. The average Bonchev–Trinajstić information content (AvgIpc) is 2.65. The Hall–Kier alpha value is -0.940. The van der Waals surface area contributed by atoms with E-state index >= 15 is 0 Å². The van der Waals surface area contributed by atoms with Crippen molar-refractivity contribution in [2.45, 2.75) is 45.1 Å². The SMILES string of the molecule is CC(C)c1nc(C(C)(C)C(N)C(=O)O)cs1. The zero-order chi connectivity index (χ0) is 12.5. The Morgan fingerprint density at radius 2 is 2.12 bits per heavy atom. The second-order valence-electron chi connectivity index (χ2n) is 4.76. The summed E-state index contributed by atoms with van der Waals surface area (Å²) in [6, 6.07) is -0.936. The summed E-state index contributed by atoms with van der Waals surface area (Å²) in [4.78, 5) is 15.4. The first-order valence-corrected chi connectivity index (χ1v) is 6.09. The number of thiazole rings is 1. The second-order valence-corrected chi connectivity index (χ2v) is 5.65. The Morgan fingerprint density at radius 1 is 1.56 bits per heavy atom. The van der Waals surface area contributed by atoms with Crippen molar-refractivity contribution in [3.63, 3.8) is 0 Å². The highest BCUT2D eigenvalue weighted by Gasteiger charge is 2.35. The first-order chi connectivity index (χ1) is 7.26. The van der Waals surface area contributed by atoms with E-state index in [-0.39, 0.29) is 0 Å². The van der Waals surface area contributed by atoms with Crippen LogP contribution in [0.4, 0.5) is 0 Å². The van der Waals surface area contributed by atoms with Crippen molar-refractivity contribution in [2.24, 2.45) is 5.73 Å². The van der Waals surface area contributed by atoms with Crippen LogP contribution in [-0.2, 0) is 10.2 Å². The molecule has 0 saturated heterocycles. The molecular weight excluding hydrogens is 224 g/mol. The molecule has 1 unspecified atom stereocenters. The number of hydrogen-bond donors (Lipinski definition) is 2. The van der Waals surface area contributed by atoms with E-state index in [2.05, 4.69) is 18.8 Å². The molecule has 0 aromatic carbocycles. The molecule has 16 heavy (non-hydrogen) atoms. The van der Waals surface area contributed by atoms with Gasteiger partial charge in [0.25, 0.3) is 0 Å². The van der Waals surface area contributed by atoms with Crippen LogP contribution in [0.2, 0.25) is 0 Å². The molecule has 1 aromatic rings. The Balaban J connectivity index is 3.02. The van der Waals surface area contributed by atoms with Gasteiger partial charge in [0.1, 0.15) is 6.04 Å². The molecular formula is C11H18N2O2S. The van der Waals surface area contributed by atoms with E-state index in [1.54, 1.807) is 11.3 Å². The monoisotopic (exact) mass is 242 g/mol. The van der Waals surface area contributed by atoms with Gasteiger partial charge in [-0.15, -0.1) is 11.3 Å². The van der Waals surface area contributed by atoms with Crippen LogP contribution in [-0.4, -0.2) is 22.1 Å². The van der Waals surface area contributed by atoms with Gasteiger partial charge in [-0.05, 0) is 0 Å². The molecule has 0 amide bonds. The molecule has 0 radical (unpaired) electrons. The molecule has 90 valence electrons. The van der Waals surface area contributed by atoms with Crippen molar-refractivity contribution >= 4 is 17.3 Å². The van der Waals surface area contributed by atoms with Gasteiger partial charge in [-0.1, -0.05) is 27.7 Å². The lowest BCUT2D eigenvalue weighted by atomic mass is 9.82. The molecule has 1 aromatic heterocycles. The summed E-state index contributed by atoms with van der Waals surface area (Å²) in [6.45, 7) is 7.75. The maximum atomic E-state index is 10.9. The third-order valence-corrected chi connectivity index (χ3v) is 3.86. The maximum absolute atomic E-state index is 10.9. The van der Waals surface area contributed by atoms with Gasteiger partial charge in [0, 0.05) is 16.7 Å². The molecule has 0 aliphatic carbocycles. The number of aromatic nitrogens is 1. The Labute approximate surface area is 99.5 Å². The van der Waals surface area contributed by atoms with E-state index in [4.69, 9.17) is 10.8 Å². The molecule has 5 heteroatoms. The number of carboxylic acid groups (broad SMARTS) is 1. The lowest BCUT2D eigenvalue weighted by Gasteiger charge is -2.26. The fourth-order valence-electron chi connectivity index (χ4n) is 1.32. The molecule has 0 aliphatic heterocycles. The highest BCUT2D eigenvalue weighted by atomic mass is 32.1. The van der Waals surface area contributed by atoms with Crippen LogP contribution in [0.1, 0.15) is 44.3 Å². The largest absolute Gasteiger partial charge is 0.480 e. The zero-order valence-corrected chi connectivity index (χ0v) is 10.8. The van der Waals surface area contributed by atoms with E-state index in [1.807, 2.05) is 19.2 Å². The predicted molar refractivity (Wildman–Crippen MR) is 64.8 cm³/mol. The number of aliphatic carboxylic acids is 1. The van der Waals surface area contributed by atoms with Crippen LogP contribution in [0, 0.1) is 0 Å². The number of rotatable bonds is 4. The van der Waals surface area contributed by atoms with Gasteiger partial charge < -0.3 is 10.8 Å². The van der Waals surface area contributed by atoms with E-state index in [1.165, 1.54) is 0 Å². The Kier molecular flexibility index (Phi) is 3.70. The Morgan fingerprint density at radius 3 is 2.50 bits per heavy atom. The van der Waals surface area contributed by atoms with Crippen LogP contribution >= 0.6 is 11.3 Å². The lowest BCUT2D eigenvalue weighted by molar-refractivity contribution is -0.140. The van der Waals surface area contributed by atoms with Crippen molar-refractivity contribution in [2.75, 3.05) is 0 Å². The highest BCUT2D eigenvalue weighted by molar-refractivity contribution is 7.09. The molecule has 1 heterocycles. The topological polar surface area (TPSA) is 76.2 Å². The first-order valence-electron chi connectivity index (χ1n) is 5.21. The Bertz CT molecular complexity index is 385. The summed E-state index contributed by atoms with van der Waals surface area (Å²) in [7, 11) is 0. The van der Waals surface area contributed by atoms with Crippen LogP contribution in [0.15, 0.2) is 5.38 Å². The second kappa shape index (κ2) is 4.51. The molecule has 0 saturated carbocycles. The fraction of sp³-hybridized carbons (Fsp3) is 0.636. The van der Waals surface area contributed by atoms with Crippen LogP contribution in [0.25, 0.3) is 0 Å². The number of nitrogens with zero attached hydrogens (tertiary/aromatic N) is 1. The maximum Gasteiger partial charge on any atom is 0.321 e. The van der Waals surface area contributed by atoms with Crippen LogP contribution < -0.4 is 5.73 Å². The van der Waals surface area contributed by atoms with Crippen molar-refractivity contribution in [3.8, 4) is 0 Å². The van der Waals surface area contributed by atoms with Crippen molar-refractivity contribution in [3.05, 3.63) is 16.1 Å². The van der Waals surface area contributed by atoms with Crippen LogP contribution in [0.5, 0.6) is 0 Å². The van der Waals surface area contributed by atoms with Gasteiger partial charge in [-0.3, -0.25) is 4.79 Å². The number of carbonyl (C=O) groups is 1. The van der Waals surface area contributed by atoms with Crippen molar-refractivity contribution in [1.82, 2.24) is 4.98 Å². The van der Waals surface area contributed by atoms with Gasteiger partial charge in [0.15, 0.2) is 0 Å². The molecule has 0 fully saturated rings. The van der Waals surface area contributed by atoms with E-state index in [0.29, 0.717) is 5.92 Å². The van der Waals surface area contributed by atoms with Gasteiger partial charge >= 0.3 is 5.97 Å². The third kappa shape index (κ3) is 2.41. The average molecular weight is 242 g/mol. The number of nitrogens with two attached hydrogens (primary N) is 1. The third-order valence-electron chi connectivity index (χ3n) is 2.72. The van der Waals surface area contributed by atoms with Gasteiger partial charge in [-0.25, -0.2) is 4.98 Å². The first kappa shape index (κ1) is 13.1. The van der Waals surface area contributed by atoms with E-state index in [9.17, 15) is 4.79 Å². The normalized spacial score (nSPS) is 14.1. The van der Waals surface area contributed by atoms with E-state index in [0.717, 1.165) is 10.7 Å². The molecule has 1 atom stereocenters. The summed E-state index contributed by atoms with van der Waals surface area (Å²) < 4.78 is 0. The summed E-state index contributed by atoms with van der Waals surface area (Å²) in [6.07, 6.45) is 0. The van der Waals surface area contributed by atoms with Gasteiger partial charge in [0.2, 0.25) is 0 Å². The lowest BCUT2D eigenvalue weighted by Crippen LogP contribution is -2.47. The predicted octanol–water partition coefficient (Wildman–Crippen LogP) is 1.96. The van der Waals surface area contributed by atoms with Gasteiger partial charge in [-0.2, -0.15) is 0 Å². The summed E-state index contributed by atoms with van der Waals surface area (Å²) in [5.74, 6) is -0.639. The standard InChI is InChI=1S/C11H18N2O2S/c1-6(2)9-13-7(5-16-9)11(3,4)8(12)10(14)15/h5-6,8H,12H2,1-4H3,(H,14,15). The fourth-order valence-corrected chi connectivity index (χ4v) is 2.33. The zero-order valence-electron chi connectivity index (χ0n) is 10.0. The highest BCUT2D eigenvalue weighted by Crippen LogP contribution is 2.29. The molecule has 0 aliphatic rings. The van der Waals surface area contributed by atoms with Crippen molar-refractivity contribution < 1.29 is 9.90 Å². The number of hydrogen-bond acceptors (Lipinski definition) is 4. The summed E-state index contributed by atoms with van der Waals surface area (Å²) in [5, 5.41) is 11.9.